The molecule has 3 atom stereocenters. The van der Waals surface area contributed by atoms with Crippen molar-refractivity contribution in [2.45, 2.75) is 70.0 Å². The first-order valence-corrected chi connectivity index (χ1v) is 10.9. The SMILES string of the molecule is COC(=O)CCCC=CCC1C(=CCC(=O)CCCc2ccccc2F)C(O)CC1O. The lowest BCUT2D eigenvalue weighted by Crippen LogP contribution is -2.13. The number of ketones is 1. The monoisotopic (exact) mass is 432 g/mol. The van der Waals surface area contributed by atoms with Crippen LogP contribution >= 0.6 is 0 Å². The molecule has 0 spiro atoms. The highest BCUT2D eigenvalue weighted by molar-refractivity contribution is 5.80. The Morgan fingerprint density at radius 1 is 1.16 bits per heavy atom. The number of aliphatic hydroxyl groups is 2. The van der Waals surface area contributed by atoms with Gasteiger partial charge in [-0.15, -0.1) is 0 Å². The Labute approximate surface area is 183 Å². The number of hydrogen-bond donors (Lipinski definition) is 2. The molecule has 1 aromatic rings. The van der Waals surface area contributed by atoms with Crippen LogP contribution in [0.5, 0.6) is 0 Å². The van der Waals surface area contributed by atoms with Crippen molar-refractivity contribution in [3.05, 3.63) is 59.4 Å². The molecular weight excluding hydrogens is 399 g/mol. The van der Waals surface area contributed by atoms with Gasteiger partial charge in [0.2, 0.25) is 0 Å². The molecule has 1 aliphatic carbocycles. The minimum Gasteiger partial charge on any atom is -0.469 e. The average molecular weight is 433 g/mol. The number of rotatable bonds is 12. The fourth-order valence-electron chi connectivity index (χ4n) is 3.92. The molecule has 0 radical (unpaired) electrons. The summed E-state index contributed by atoms with van der Waals surface area (Å²) in [6.07, 6.45) is 8.58. The molecule has 0 saturated heterocycles. The number of Topliss-reactive ketones (excluding diaryl/α,β-unsaturated/α-hetero) is 1. The Kier molecular flexibility index (Phi) is 10.6. The summed E-state index contributed by atoms with van der Waals surface area (Å²) in [6.45, 7) is 0. The molecule has 170 valence electrons. The smallest absolute Gasteiger partial charge is 0.305 e. The van der Waals surface area contributed by atoms with Crippen LogP contribution in [0.2, 0.25) is 0 Å². The first-order chi connectivity index (χ1) is 14.9. The van der Waals surface area contributed by atoms with Crippen LogP contribution in [0.15, 0.2) is 48.1 Å². The minimum absolute atomic E-state index is 0.0366. The van der Waals surface area contributed by atoms with Gasteiger partial charge in [-0.2, -0.15) is 0 Å². The number of aryl methyl sites for hydroxylation is 1. The van der Waals surface area contributed by atoms with Crippen molar-refractivity contribution in [1.82, 2.24) is 0 Å². The quantitative estimate of drug-likeness (QED) is 0.296. The molecular formula is C25H33FO5. The molecule has 0 bridgehead atoms. The fraction of sp³-hybridized carbons (Fsp3) is 0.520. The van der Waals surface area contributed by atoms with Gasteiger partial charge < -0.3 is 14.9 Å². The van der Waals surface area contributed by atoms with Crippen LogP contribution in [0.3, 0.4) is 0 Å². The Hall–Kier alpha value is -2.31. The average Bonchev–Trinajstić information content (AvgIpc) is 3.02. The largest absolute Gasteiger partial charge is 0.469 e. The van der Waals surface area contributed by atoms with Crippen LogP contribution < -0.4 is 0 Å². The third kappa shape index (κ3) is 8.38. The molecule has 1 aromatic carbocycles. The third-order valence-corrected chi connectivity index (χ3v) is 5.70. The Bertz CT molecular complexity index is 786. The zero-order chi connectivity index (χ0) is 22.6. The zero-order valence-electron chi connectivity index (χ0n) is 18.1. The topological polar surface area (TPSA) is 83.8 Å². The first kappa shape index (κ1) is 25.0. The normalized spacial score (nSPS) is 22.3. The number of esters is 1. The molecule has 3 unspecified atom stereocenters. The van der Waals surface area contributed by atoms with E-state index in [4.69, 9.17) is 0 Å². The second-order valence-corrected chi connectivity index (χ2v) is 7.99. The molecule has 1 saturated carbocycles. The third-order valence-electron chi connectivity index (χ3n) is 5.70. The maximum absolute atomic E-state index is 13.6. The number of allylic oxidation sites excluding steroid dienone is 3. The molecule has 2 N–H and O–H groups in total. The van der Waals surface area contributed by atoms with E-state index in [9.17, 15) is 24.2 Å². The molecule has 1 fully saturated rings. The summed E-state index contributed by atoms with van der Waals surface area (Å²) in [6, 6.07) is 6.57. The van der Waals surface area contributed by atoms with Crippen LogP contribution in [0, 0.1) is 11.7 Å². The first-order valence-electron chi connectivity index (χ1n) is 10.9. The number of unbranched alkanes of at least 4 members (excludes halogenated alkanes) is 1. The Morgan fingerprint density at radius 2 is 1.94 bits per heavy atom. The summed E-state index contributed by atoms with van der Waals surface area (Å²) >= 11 is 0. The molecule has 5 nitrogen and oxygen atoms in total. The highest BCUT2D eigenvalue weighted by Gasteiger charge is 2.35. The van der Waals surface area contributed by atoms with E-state index in [-0.39, 0.29) is 36.3 Å². The molecule has 0 aromatic heterocycles. The standard InChI is InChI=1S/C25H33FO5/c1-31-25(30)14-5-3-2-4-12-20-21(24(29)17-23(20)28)16-15-19(27)11-8-10-18-9-6-7-13-22(18)26/h2,4,6-7,9,13,16,20,23-24,28-29H,3,5,8,10-12,14-15,17H2,1H3. The summed E-state index contributed by atoms with van der Waals surface area (Å²) in [4.78, 5) is 23.3. The van der Waals surface area contributed by atoms with Crippen molar-refractivity contribution >= 4 is 11.8 Å². The minimum atomic E-state index is -0.737. The van der Waals surface area contributed by atoms with Gasteiger partial charge in [0.25, 0.3) is 0 Å². The lowest BCUT2D eigenvalue weighted by molar-refractivity contribution is -0.140. The van der Waals surface area contributed by atoms with E-state index in [1.165, 1.54) is 13.2 Å². The van der Waals surface area contributed by atoms with E-state index < -0.39 is 12.2 Å². The Balaban J connectivity index is 1.79. The van der Waals surface area contributed by atoms with Crippen molar-refractivity contribution in [1.29, 1.82) is 0 Å². The van der Waals surface area contributed by atoms with Crippen LogP contribution in [0.1, 0.15) is 56.9 Å². The van der Waals surface area contributed by atoms with Gasteiger partial charge in [0.15, 0.2) is 0 Å². The van der Waals surface area contributed by atoms with Crippen molar-refractivity contribution in [2.75, 3.05) is 7.11 Å². The van der Waals surface area contributed by atoms with Crippen molar-refractivity contribution in [3.63, 3.8) is 0 Å². The highest BCUT2D eigenvalue weighted by Crippen LogP contribution is 2.35. The van der Waals surface area contributed by atoms with E-state index >= 15 is 0 Å². The molecule has 0 heterocycles. The van der Waals surface area contributed by atoms with E-state index in [0.717, 1.165) is 6.42 Å². The lowest BCUT2D eigenvalue weighted by Gasteiger charge is -2.14. The van der Waals surface area contributed by atoms with Gasteiger partial charge in [-0.05, 0) is 49.3 Å². The molecule has 6 heteroatoms. The fourth-order valence-corrected chi connectivity index (χ4v) is 3.92. The number of benzene rings is 1. The summed E-state index contributed by atoms with van der Waals surface area (Å²) in [5.41, 5.74) is 1.33. The maximum Gasteiger partial charge on any atom is 0.305 e. The number of hydrogen-bond acceptors (Lipinski definition) is 5. The molecule has 2 rings (SSSR count). The number of aliphatic hydroxyl groups excluding tert-OH is 2. The highest BCUT2D eigenvalue weighted by atomic mass is 19.1. The van der Waals surface area contributed by atoms with E-state index in [1.54, 1.807) is 24.3 Å². The van der Waals surface area contributed by atoms with Gasteiger partial charge in [0.05, 0.1) is 19.3 Å². The second kappa shape index (κ2) is 13.2. The summed E-state index contributed by atoms with van der Waals surface area (Å²) in [7, 11) is 1.37. The zero-order valence-corrected chi connectivity index (χ0v) is 18.1. The van der Waals surface area contributed by atoms with Gasteiger partial charge >= 0.3 is 5.97 Å². The van der Waals surface area contributed by atoms with Crippen LogP contribution in [0.25, 0.3) is 0 Å². The number of ether oxygens (including phenoxy) is 1. The van der Waals surface area contributed by atoms with Crippen LogP contribution in [-0.4, -0.2) is 41.3 Å². The molecule has 1 aliphatic rings. The van der Waals surface area contributed by atoms with E-state index in [1.807, 2.05) is 12.2 Å². The van der Waals surface area contributed by atoms with Gasteiger partial charge in [-0.3, -0.25) is 9.59 Å². The summed E-state index contributed by atoms with van der Waals surface area (Å²) in [5, 5.41) is 20.5. The Morgan fingerprint density at radius 3 is 2.68 bits per heavy atom. The molecule has 0 aliphatic heterocycles. The van der Waals surface area contributed by atoms with Crippen molar-refractivity contribution in [3.8, 4) is 0 Å². The second-order valence-electron chi connectivity index (χ2n) is 7.99. The van der Waals surface area contributed by atoms with Gasteiger partial charge in [-0.1, -0.05) is 36.4 Å². The predicted octanol–water partition coefficient (Wildman–Crippen LogP) is 4.07. The number of methoxy groups -OCH3 is 1. The number of carbonyl (C=O) groups is 2. The summed E-state index contributed by atoms with van der Waals surface area (Å²) in [5.74, 6) is -0.652. The van der Waals surface area contributed by atoms with Crippen molar-refractivity contribution < 1.29 is 28.9 Å². The van der Waals surface area contributed by atoms with E-state index in [2.05, 4.69) is 4.74 Å². The van der Waals surface area contributed by atoms with Crippen LogP contribution in [-0.2, 0) is 20.7 Å². The van der Waals surface area contributed by atoms with Gasteiger partial charge in [0, 0.05) is 31.6 Å². The number of carbonyl (C=O) groups excluding carboxylic acids is 2. The predicted molar refractivity (Wildman–Crippen MR) is 117 cm³/mol. The van der Waals surface area contributed by atoms with Gasteiger partial charge in [-0.25, -0.2) is 4.39 Å². The maximum atomic E-state index is 13.6. The molecule has 0 amide bonds. The van der Waals surface area contributed by atoms with Gasteiger partial charge in [0.1, 0.15) is 11.6 Å². The molecule has 31 heavy (non-hydrogen) atoms. The van der Waals surface area contributed by atoms with E-state index in [0.29, 0.717) is 49.7 Å². The lowest BCUT2D eigenvalue weighted by atomic mass is 9.94. The number of halogens is 1. The summed E-state index contributed by atoms with van der Waals surface area (Å²) < 4.78 is 18.2. The van der Waals surface area contributed by atoms with Crippen molar-refractivity contribution in [2.24, 2.45) is 5.92 Å². The van der Waals surface area contributed by atoms with Crippen LogP contribution in [0.4, 0.5) is 4.39 Å².